The Morgan fingerprint density at radius 3 is 1.68 bits per heavy atom. The van der Waals surface area contributed by atoms with Crippen molar-refractivity contribution in [3.8, 4) is 0 Å². The zero-order chi connectivity index (χ0) is 19.1. The molecule has 0 bridgehead atoms. The van der Waals surface area contributed by atoms with Crippen LogP contribution in [0.2, 0.25) is 0 Å². The minimum atomic E-state index is -2.21. The van der Waals surface area contributed by atoms with Crippen LogP contribution in [0.15, 0.2) is 0 Å². The molecule has 0 saturated carbocycles. The van der Waals surface area contributed by atoms with Gasteiger partial charge in [0.25, 0.3) is 0 Å². The Morgan fingerprint density at radius 1 is 0.800 bits per heavy atom. The minimum absolute atomic E-state index is 0.263. The second-order valence-corrected chi connectivity index (χ2v) is 11.2. The molecule has 0 atom stereocenters. The van der Waals surface area contributed by atoms with Crippen LogP contribution < -0.4 is 0 Å². The van der Waals surface area contributed by atoms with Crippen molar-refractivity contribution in [3.63, 3.8) is 0 Å². The predicted octanol–water partition coefficient (Wildman–Crippen LogP) is 4.09. The van der Waals surface area contributed by atoms with Gasteiger partial charge in [0.1, 0.15) is 0 Å². The quantitative estimate of drug-likeness (QED) is 0.197. The number of carbonyl (C=O) groups excluding carboxylic acids is 2. The standard InChI is InChI=1S/C19H40NO4P/c1-6-9-15-25(16-10-7-2,17-11-8-3)24-19(22)18(21)23-14-12-13-20(4)5/h25H,6-17H2,1-5H3. The zero-order valence-corrected chi connectivity index (χ0v) is 18.1. The van der Waals surface area contributed by atoms with Crippen molar-refractivity contribution >= 4 is 19.4 Å². The number of carbonyl (C=O) groups is 2. The van der Waals surface area contributed by atoms with Gasteiger partial charge in [-0.1, -0.05) is 0 Å². The maximum atomic E-state index is 12.3. The van der Waals surface area contributed by atoms with Crippen molar-refractivity contribution in [1.82, 2.24) is 4.90 Å². The number of esters is 1. The van der Waals surface area contributed by atoms with E-state index in [0.29, 0.717) is 0 Å². The van der Waals surface area contributed by atoms with E-state index in [4.69, 9.17) is 9.26 Å². The molecule has 0 amide bonds. The Balaban J connectivity index is 4.75. The molecule has 150 valence electrons. The van der Waals surface area contributed by atoms with Gasteiger partial charge in [-0.15, -0.1) is 0 Å². The van der Waals surface area contributed by atoms with Gasteiger partial charge in [0.05, 0.1) is 0 Å². The van der Waals surface area contributed by atoms with Crippen molar-refractivity contribution in [2.24, 2.45) is 0 Å². The first kappa shape index (κ1) is 24.3. The molecular weight excluding hydrogens is 337 g/mol. The summed E-state index contributed by atoms with van der Waals surface area (Å²) in [4.78, 5) is 26.3. The van der Waals surface area contributed by atoms with Crippen LogP contribution in [0.3, 0.4) is 0 Å². The summed E-state index contributed by atoms with van der Waals surface area (Å²) < 4.78 is 11.0. The summed E-state index contributed by atoms with van der Waals surface area (Å²) in [7, 11) is 1.72. The molecule has 0 rings (SSSR count). The van der Waals surface area contributed by atoms with Gasteiger partial charge in [-0.3, -0.25) is 0 Å². The van der Waals surface area contributed by atoms with E-state index in [2.05, 4.69) is 20.8 Å². The third kappa shape index (κ3) is 11.5. The van der Waals surface area contributed by atoms with E-state index in [-0.39, 0.29) is 6.61 Å². The van der Waals surface area contributed by atoms with Gasteiger partial charge in [-0.05, 0) is 0 Å². The average molecular weight is 378 g/mol. The van der Waals surface area contributed by atoms with Crippen LogP contribution in [0.25, 0.3) is 0 Å². The molecule has 0 aliphatic rings. The molecule has 0 N–H and O–H groups in total. The molecule has 5 nitrogen and oxygen atoms in total. The number of ether oxygens (including phenoxy) is 1. The van der Waals surface area contributed by atoms with Gasteiger partial charge in [0.15, 0.2) is 0 Å². The first-order valence-electron chi connectivity index (χ1n) is 9.95. The van der Waals surface area contributed by atoms with Crippen molar-refractivity contribution in [2.45, 2.75) is 65.7 Å². The molecule has 0 aliphatic carbocycles. The SMILES string of the molecule is CCCC[PH](CCCC)(CCCC)OC(=O)C(=O)OCCCN(C)C. The predicted molar refractivity (Wildman–Crippen MR) is 108 cm³/mol. The second kappa shape index (κ2) is 14.5. The molecule has 0 spiro atoms. The Bertz CT molecular complexity index is 353. The van der Waals surface area contributed by atoms with Gasteiger partial charge in [0.2, 0.25) is 0 Å². The van der Waals surface area contributed by atoms with E-state index in [9.17, 15) is 9.59 Å². The Morgan fingerprint density at radius 2 is 1.28 bits per heavy atom. The van der Waals surface area contributed by atoms with Crippen LogP contribution >= 0.6 is 7.49 Å². The number of unbranched alkanes of at least 4 members (excludes halogenated alkanes) is 3. The molecule has 0 aromatic rings. The number of rotatable bonds is 14. The molecule has 25 heavy (non-hydrogen) atoms. The first-order valence-corrected chi connectivity index (χ1v) is 12.5. The Labute approximate surface area is 155 Å². The van der Waals surface area contributed by atoms with Crippen molar-refractivity contribution in [2.75, 3.05) is 45.7 Å². The third-order valence-corrected chi connectivity index (χ3v) is 8.83. The van der Waals surface area contributed by atoms with E-state index in [1.165, 1.54) is 0 Å². The maximum absolute atomic E-state index is 12.3. The van der Waals surface area contributed by atoms with Crippen molar-refractivity contribution in [1.29, 1.82) is 0 Å². The van der Waals surface area contributed by atoms with Crippen LogP contribution in [-0.2, 0) is 18.8 Å². The molecular formula is C19H40NO4P. The van der Waals surface area contributed by atoms with Gasteiger partial charge < -0.3 is 0 Å². The molecule has 0 radical (unpaired) electrons. The average Bonchev–Trinajstić information content (AvgIpc) is 2.59. The molecule has 0 unspecified atom stereocenters. The van der Waals surface area contributed by atoms with Crippen LogP contribution in [0.1, 0.15) is 65.7 Å². The van der Waals surface area contributed by atoms with E-state index < -0.39 is 19.4 Å². The van der Waals surface area contributed by atoms with E-state index in [1.807, 2.05) is 19.0 Å². The third-order valence-electron chi connectivity index (χ3n) is 4.42. The molecule has 0 fully saturated rings. The summed E-state index contributed by atoms with van der Waals surface area (Å²) in [5, 5.41) is 0. The van der Waals surface area contributed by atoms with Crippen molar-refractivity contribution in [3.05, 3.63) is 0 Å². The number of nitrogens with zero attached hydrogens (tertiary/aromatic N) is 1. The first-order chi connectivity index (χ1) is 11.9. The molecule has 0 saturated heterocycles. The Kier molecular flexibility index (Phi) is 14.1. The number of hydrogen-bond donors (Lipinski definition) is 0. The topological polar surface area (TPSA) is 55.8 Å². The van der Waals surface area contributed by atoms with Gasteiger partial charge in [0, 0.05) is 0 Å². The fourth-order valence-electron chi connectivity index (χ4n) is 2.87. The molecule has 0 aromatic carbocycles. The molecule has 0 aliphatic heterocycles. The Hall–Kier alpha value is -0.670. The van der Waals surface area contributed by atoms with Crippen LogP contribution in [-0.4, -0.2) is 62.6 Å². The second-order valence-electron chi connectivity index (χ2n) is 7.18. The molecule has 6 heteroatoms. The number of hydrogen-bond acceptors (Lipinski definition) is 5. The summed E-state index contributed by atoms with van der Waals surface area (Å²) in [6, 6.07) is 0. The summed E-state index contributed by atoms with van der Waals surface area (Å²) in [5.74, 6) is -1.58. The van der Waals surface area contributed by atoms with E-state index in [1.54, 1.807) is 0 Å². The fraction of sp³-hybridized carbons (Fsp3) is 0.895. The van der Waals surface area contributed by atoms with Gasteiger partial charge >= 0.3 is 155 Å². The fourth-order valence-corrected chi connectivity index (χ4v) is 7.39. The molecule has 0 aromatic heterocycles. The van der Waals surface area contributed by atoms with Crippen LogP contribution in [0.5, 0.6) is 0 Å². The van der Waals surface area contributed by atoms with Crippen molar-refractivity contribution < 1.29 is 18.8 Å². The van der Waals surface area contributed by atoms with Gasteiger partial charge in [-0.25, -0.2) is 0 Å². The van der Waals surface area contributed by atoms with E-state index in [0.717, 1.165) is 70.0 Å². The summed E-state index contributed by atoms with van der Waals surface area (Å²) in [5.41, 5.74) is 0. The van der Waals surface area contributed by atoms with Crippen LogP contribution in [0, 0.1) is 0 Å². The summed E-state index contributed by atoms with van der Waals surface area (Å²) >= 11 is 0. The van der Waals surface area contributed by atoms with E-state index >= 15 is 0 Å². The zero-order valence-electron chi connectivity index (χ0n) is 17.1. The molecule has 0 heterocycles. The summed E-state index contributed by atoms with van der Waals surface area (Å²) in [6.07, 6.45) is 10.0. The van der Waals surface area contributed by atoms with Gasteiger partial charge in [-0.2, -0.15) is 0 Å². The normalized spacial score (nSPS) is 12.2. The monoisotopic (exact) mass is 377 g/mol. The summed E-state index contributed by atoms with van der Waals surface area (Å²) in [6.45, 7) is 7.54. The van der Waals surface area contributed by atoms with Crippen LogP contribution in [0.4, 0.5) is 0 Å².